The Morgan fingerprint density at radius 1 is 1.16 bits per heavy atom. The summed E-state index contributed by atoms with van der Waals surface area (Å²) in [5.74, 6) is -2.26. The third-order valence-electron chi connectivity index (χ3n) is 6.34. The fourth-order valence-electron chi connectivity index (χ4n) is 4.81. The van der Waals surface area contributed by atoms with Crippen LogP contribution in [-0.2, 0) is 16.1 Å². The molecule has 3 heterocycles. The van der Waals surface area contributed by atoms with Gasteiger partial charge in [-0.05, 0) is 35.9 Å². The number of fused-ring (bicyclic) bond motifs is 2. The van der Waals surface area contributed by atoms with Crippen LogP contribution in [0.1, 0.15) is 24.5 Å². The molecule has 0 aliphatic carbocycles. The molecule has 2 aliphatic heterocycles. The number of carbonyl (C=O) groups is 2. The number of carboxylic acid groups (broad SMARTS) is 1. The number of carbonyl (C=O) groups excluding carboxylic acids is 2. The Bertz CT molecular complexity index is 1230. The van der Waals surface area contributed by atoms with Crippen molar-refractivity contribution in [1.29, 1.82) is 0 Å². The lowest BCUT2D eigenvalue weighted by Gasteiger charge is -2.45. The van der Waals surface area contributed by atoms with Crippen LogP contribution in [0.3, 0.4) is 0 Å². The minimum atomic E-state index is -1.36. The van der Waals surface area contributed by atoms with Gasteiger partial charge < -0.3 is 19.9 Å². The highest BCUT2D eigenvalue weighted by molar-refractivity contribution is 6.05. The van der Waals surface area contributed by atoms with Crippen LogP contribution < -0.4 is 9.67 Å². The Kier molecular flexibility index (Phi) is 4.59. The average Bonchev–Trinajstić information content (AvgIpc) is 3.09. The predicted molar refractivity (Wildman–Crippen MR) is 112 cm³/mol. The lowest BCUT2D eigenvalue weighted by molar-refractivity contribution is -0.687. The highest BCUT2D eigenvalue weighted by Crippen LogP contribution is 2.46. The minimum Gasteiger partial charge on any atom is -0.543 e. The van der Waals surface area contributed by atoms with Gasteiger partial charge >= 0.3 is 0 Å². The first-order chi connectivity index (χ1) is 14.9. The number of aliphatic carboxylic acids is 1. The highest BCUT2D eigenvalue weighted by Gasteiger charge is 2.55. The number of aromatic nitrogens is 1. The Labute approximate surface area is 179 Å². The van der Waals surface area contributed by atoms with E-state index in [4.69, 9.17) is 0 Å². The molecule has 3 atom stereocenters. The number of pyridine rings is 1. The summed E-state index contributed by atoms with van der Waals surface area (Å²) in [7, 11) is 0. The zero-order valence-electron chi connectivity index (χ0n) is 17.1. The molecule has 0 bridgehead atoms. The Morgan fingerprint density at radius 2 is 1.87 bits per heavy atom. The molecule has 0 spiro atoms. The zero-order valence-corrected chi connectivity index (χ0v) is 17.1. The predicted octanol–water partition coefficient (Wildman–Crippen LogP) is 1.25. The summed E-state index contributed by atoms with van der Waals surface area (Å²) in [5.41, 5.74) is 2.37. The number of rotatable bonds is 5. The number of benzene rings is 2. The van der Waals surface area contributed by atoms with Crippen LogP contribution in [0.5, 0.6) is 0 Å². The molecule has 2 aromatic carbocycles. The Balaban J connectivity index is 1.40. The number of hydrogen-bond donors (Lipinski definition) is 1. The van der Waals surface area contributed by atoms with Crippen molar-refractivity contribution in [3.8, 4) is 0 Å². The topological polar surface area (TPSA) is 84.5 Å². The molecule has 1 aromatic heterocycles. The standard InChI is InChI=1S/C25H22N2O4/c1-15(28)22-21-12-20(23(25(30)31)27(21)24(22)29)18-8-6-16(7-9-18)13-26-11-10-17-4-2-3-5-19(17)14-26/h2-11,14-15,21-22,28H,12-13H2,1H3/t15-,21-,22-/m1/s1. The zero-order chi connectivity index (χ0) is 21.7. The summed E-state index contributed by atoms with van der Waals surface area (Å²) in [6.45, 7) is 2.25. The third kappa shape index (κ3) is 3.20. The van der Waals surface area contributed by atoms with Gasteiger partial charge in [0, 0.05) is 17.0 Å². The number of aliphatic hydroxyl groups is 1. The van der Waals surface area contributed by atoms with Crippen molar-refractivity contribution in [2.45, 2.75) is 32.0 Å². The molecule has 0 saturated carbocycles. The maximum Gasteiger partial charge on any atom is 0.235 e. The molecule has 6 heteroatoms. The van der Waals surface area contributed by atoms with Crippen LogP contribution in [0.4, 0.5) is 0 Å². The fourth-order valence-corrected chi connectivity index (χ4v) is 4.81. The van der Waals surface area contributed by atoms with Crippen molar-refractivity contribution in [1.82, 2.24) is 4.90 Å². The van der Waals surface area contributed by atoms with Crippen molar-refractivity contribution in [3.05, 3.63) is 83.8 Å². The Hall–Kier alpha value is -3.51. The molecule has 0 unspecified atom stereocenters. The van der Waals surface area contributed by atoms with Gasteiger partial charge in [-0.2, -0.15) is 0 Å². The summed E-state index contributed by atoms with van der Waals surface area (Å²) in [5, 5.41) is 24.0. The van der Waals surface area contributed by atoms with Crippen LogP contribution in [0.25, 0.3) is 16.3 Å². The van der Waals surface area contributed by atoms with Gasteiger partial charge in [0.2, 0.25) is 5.91 Å². The van der Waals surface area contributed by atoms with Crippen molar-refractivity contribution in [3.63, 3.8) is 0 Å². The van der Waals surface area contributed by atoms with Gasteiger partial charge in [0.05, 0.1) is 29.7 Å². The van der Waals surface area contributed by atoms with E-state index in [9.17, 15) is 19.8 Å². The second kappa shape index (κ2) is 7.32. The molecule has 5 rings (SSSR count). The van der Waals surface area contributed by atoms with Crippen molar-refractivity contribution in [2.75, 3.05) is 0 Å². The second-order valence-electron chi connectivity index (χ2n) is 8.30. The van der Waals surface area contributed by atoms with Crippen LogP contribution in [0.15, 0.2) is 72.7 Å². The van der Waals surface area contributed by atoms with E-state index in [0.717, 1.165) is 16.5 Å². The van der Waals surface area contributed by atoms with E-state index in [0.29, 0.717) is 18.5 Å². The number of amides is 1. The first-order valence-corrected chi connectivity index (χ1v) is 10.4. The van der Waals surface area contributed by atoms with Gasteiger partial charge in [0.25, 0.3) is 0 Å². The summed E-state index contributed by atoms with van der Waals surface area (Å²) >= 11 is 0. The SMILES string of the molecule is C[C@@H](O)[C@H]1C(=O)N2C(C(=O)[O-])=C(c3ccc(C[n+]4ccc5ccccc5c4)cc3)C[C@H]12. The maximum atomic E-state index is 12.4. The van der Waals surface area contributed by atoms with Crippen LogP contribution in [0, 0.1) is 5.92 Å². The first kappa shape index (κ1) is 19.5. The van der Waals surface area contributed by atoms with Gasteiger partial charge in [-0.15, -0.1) is 0 Å². The van der Waals surface area contributed by atoms with Gasteiger partial charge in [-0.1, -0.05) is 42.5 Å². The molecule has 3 aromatic rings. The molecule has 1 fully saturated rings. The molecular formula is C25H22N2O4. The molecule has 31 heavy (non-hydrogen) atoms. The average molecular weight is 414 g/mol. The quantitative estimate of drug-likeness (QED) is 0.503. The highest BCUT2D eigenvalue weighted by atomic mass is 16.4. The molecule has 0 radical (unpaired) electrons. The summed E-state index contributed by atoms with van der Waals surface area (Å²) in [6, 6.07) is 17.7. The van der Waals surface area contributed by atoms with Crippen LogP contribution in [0.2, 0.25) is 0 Å². The number of β-lactam (4-membered cyclic amide) rings is 1. The second-order valence-corrected chi connectivity index (χ2v) is 8.30. The smallest absolute Gasteiger partial charge is 0.235 e. The van der Waals surface area contributed by atoms with E-state index in [1.807, 2.05) is 42.6 Å². The van der Waals surface area contributed by atoms with Crippen molar-refractivity contribution < 1.29 is 24.4 Å². The molecule has 1 amide bonds. The lowest BCUT2D eigenvalue weighted by Crippen LogP contribution is -2.62. The van der Waals surface area contributed by atoms with Gasteiger partial charge in [0.1, 0.15) is 0 Å². The summed E-state index contributed by atoms with van der Waals surface area (Å²) < 4.78 is 2.11. The lowest BCUT2D eigenvalue weighted by atomic mass is 9.82. The van der Waals surface area contributed by atoms with E-state index in [2.05, 4.69) is 29.0 Å². The number of carboxylic acids is 1. The van der Waals surface area contributed by atoms with E-state index >= 15 is 0 Å². The van der Waals surface area contributed by atoms with Crippen LogP contribution >= 0.6 is 0 Å². The summed E-state index contributed by atoms with van der Waals surface area (Å²) in [4.78, 5) is 25.4. The van der Waals surface area contributed by atoms with E-state index < -0.39 is 18.0 Å². The van der Waals surface area contributed by atoms with Gasteiger partial charge in [-0.25, -0.2) is 4.57 Å². The van der Waals surface area contributed by atoms with Gasteiger partial charge in [-0.3, -0.25) is 4.79 Å². The van der Waals surface area contributed by atoms with Crippen molar-refractivity contribution in [2.24, 2.45) is 5.92 Å². The molecule has 156 valence electrons. The summed E-state index contributed by atoms with van der Waals surface area (Å²) in [6.07, 6.45) is 3.74. The first-order valence-electron chi connectivity index (χ1n) is 10.4. The molecule has 2 aliphatic rings. The molecule has 1 N–H and O–H groups in total. The fraction of sp³-hybridized carbons (Fsp3) is 0.240. The number of hydrogen-bond acceptors (Lipinski definition) is 4. The largest absolute Gasteiger partial charge is 0.543 e. The minimum absolute atomic E-state index is 0.0662. The third-order valence-corrected chi connectivity index (χ3v) is 6.34. The molecule has 6 nitrogen and oxygen atoms in total. The monoisotopic (exact) mass is 414 g/mol. The van der Waals surface area contributed by atoms with Gasteiger partial charge in [0.15, 0.2) is 18.9 Å². The van der Waals surface area contributed by atoms with Crippen LogP contribution in [-0.4, -0.2) is 34.0 Å². The molecule has 1 saturated heterocycles. The number of nitrogens with zero attached hydrogens (tertiary/aromatic N) is 2. The Morgan fingerprint density at radius 3 is 2.55 bits per heavy atom. The normalized spacial score (nSPS) is 21.2. The maximum absolute atomic E-state index is 12.4. The van der Waals surface area contributed by atoms with E-state index in [1.54, 1.807) is 6.92 Å². The van der Waals surface area contributed by atoms with Crippen molar-refractivity contribution >= 4 is 28.2 Å². The van der Waals surface area contributed by atoms with E-state index in [-0.39, 0.29) is 17.6 Å². The molecular weight excluding hydrogens is 392 g/mol. The number of aliphatic hydroxyl groups excluding tert-OH is 1. The van der Waals surface area contributed by atoms with E-state index in [1.165, 1.54) is 10.3 Å².